The molecule has 5 nitrogen and oxygen atoms in total. The summed E-state index contributed by atoms with van der Waals surface area (Å²) in [5, 5.41) is 9.59. The van der Waals surface area contributed by atoms with Gasteiger partial charge in [-0.05, 0) is 48.8 Å². The lowest BCUT2D eigenvalue weighted by Crippen LogP contribution is -2.10. The van der Waals surface area contributed by atoms with E-state index >= 15 is 0 Å². The van der Waals surface area contributed by atoms with Gasteiger partial charge in [-0.15, -0.1) is 0 Å². The van der Waals surface area contributed by atoms with Crippen LogP contribution < -0.4 is 0 Å². The second-order valence-electron chi connectivity index (χ2n) is 7.67. The van der Waals surface area contributed by atoms with Crippen molar-refractivity contribution >= 4 is 34.5 Å². The minimum Gasteiger partial charge on any atom is -0.481 e. The first kappa shape index (κ1) is 20.6. The number of carboxylic acid groups (broad SMARTS) is 1. The number of hydrogen-bond donors (Lipinski definition) is 1. The Morgan fingerprint density at radius 1 is 1.03 bits per heavy atom. The van der Waals surface area contributed by atoms with Gasteiger partial charge < -0.3 is 5.11 Å². The molecule has 0 amide bonds. The summed E-state index contributed by atoms with van der Waals surface area (Å²) >= 11 is 0. The number of halogens is 1. The Labute approximate surface area is 178 Å². The highest BCUT2D eigenvalue weighted by molar-refractivity contribution is 6.10. The molecule has 4 rings (SSSR count). The van der Waals surface area contributed by atoms with E-state index in [1.54, 1.807) is 18.2 Å². The number of hydrogen-bond acceptors (Lipinski definition) is 4. The van der Waals surface area contributed by atoms with Gasteiger partial charge in [-0.1, -0.05) is 30.3 Å². The van der Waals surface area contributed by atoms with E-state index < -0.39 is 30.4 Å². The normalized spacial score (nSPS) is 13.6. The van der Waals surface area contributed by atoms with Gasteiger partial charge in [0.25, 0.3) is 0 Å². The largest absolute Gasteiger partial charge is 0.481 e. The predicted octanol–water partition coefficient (Wildman–Crippen LogP) is 4.93. The molecule has 0 bridgehead atoms. The predicted molar refractivity (Wildman–Crippen MR) is 115 cm³/mol. The van der Waals surface area contributed by atoms with Crippen LogP contribution in [-0.2, 0) is 14.4 Å². The summed E-state index contributed by atoms with van der Waals surface area (Å²) in [7, 11) is 0. The molecule has 6 heteroatoms. The number of ketones is 2. The van der Waals surface area contributed by atoms with Crippen molar-refractivity contribution in [3.63, 3.8) is 0 Å². The molecule has 3 aromatic rings. The van der Waals surface area contributed by atoms with Gasteiger partial charge in [0.1, 0.15) is 12.2 Å². The lowest BCUT2D eigenvalue weighted by Gasteiger charge is -2.15. The number of aliphatic carboxylic acids is 1. The Balaban J connectivity index is 1.81. The minimum absolute atomic E-state index is 0.284. The molecule has 1 N–H and O–H groups in total. The van der Waals surface area contributed by atoms with Crippen LogP contribution in [-0.4, -0.2) is 27.6 Å². The quantitative estimate of drug-likeness (QED) is 0.415. The molecule has 156 valence electrons. The number of carbonyl (C=O) groups is 3. The molecule has 0 aliphatic heterocycles. The maximum absolute atomic E-state index is 13.6. The maximum Gasteiger partial charge on any atom is 0.310 e. The van der Waals surface area contributed by atoms with E-state index in [1.807, 2.05) is 24.3 Å². The molecule has 1 saturated carbocycles. The molecule has 1 aliphatic carbocycles. The van der Waals surface area contributed by atoms with Crippen LogP contribution in [0.25, 0.3) is 28.1 Å². The van der Waals surface area contributed by atoms with Crippen molar-refractivity contribution in [2.75, 3.05) is 0 Å². The number of pyridine rings is 1. The van der Waals surface area contributed by atoms with Crippen molar-refractivity contribution in [3.8, 4) is 11.1 Å². The Hall–Kier alpha value is -3.67. The van der Waals surface area contributed by atoms with Crippen molar-refractivity contribution in [1.29, 1.82) is 0 Å². The Bertz CT molecular complexity index is 1210. The second kappa shape index (κ2) is 8.60. The number of rotatable bonds is 8. The highest BCUT2D eigenvalue weighted by Crippen LogP contribution is 2.45. The molecule has 1 aliphatic rings. The number of fused-ring (bicyclic) bond motifs is 1. The van der Waals surface area contributed by atoms with Crippen LogP contribution >= 0.6 is 0 Å². The molecule has 31 heavy (non-hydrogen) atoms. The van der Waals surface area contributed by atoms with Crippen LogP contribution in [0.15, 0.2) is 54.6 Å². The molecule has 0 unspecified atom stereocenters. The van der Waals surface area contributed by atoms with Crippen LogP contribution in [0, 0.1) is 5.82 Å². The number of benzene rings is 2. The summed E-state index contributed by atoms with van der Waals surface area (Å²) in [6.07, 6.45) is 3.83. The molecule has 1 heterocycles. The minimum atomic E-state index is -1.25. The Kier molecular flexibility index (Phi) is 5.71. The summed E-state index contributed by atoms with van der Waals surface area (Å²) in [6, 6.07) is 13.9. The van der Waals surface area contributed by atoms with Gasteiger partial charge in [0, 0.05) is 22.4 Å². The highest BCUT2D eigenvalue weighted by Gasteiger charge is 2.29. The number of para-hydroxylation sites is 1. The molecule has 1 fully saturated rings. The fraction of sp³-hybridized carbons (Fsp3) is 0.200. The zero-order chi connectivity index (χ0) is 22.0. The lowest BCUT2D eigenvalue weighted by atomic mass is 9.92. The fourth-order valence-corrected chi connectivity index (χ4v) is 3.67. The number of carbonyl (C=O) groups excluding carboxylic acids is 2. The maximum atomic E-state index is 13.6. The van der Waals surface area contributed by atoms with Gasteiger partial charge in [-0.2, -0.15) is 0 Å². The Morgan fingerprint density at radius 2 is 1.74 bits per heavy atom. The number of nitrogens with zero attached hydrogens (tertiary/aromatic N) is 1. The van der Waals surface area contributed by atoms with E-state index in [1.165, 1.54) is 18.2 Å². The van der Waals surface area contributed by atoms with Crippen LogP contribution in [0.1, 0.15) is 42.9 Å². The lowest BCUT2D eigenvalue weighted by molar-refractivity contribution is -0.140. The first-order valence-corrected chi connectivity index (χ1v) is 10.1. The van der Waals surface area contributed by atoms with Gasteiger partial charge >= 0.3 is 5.97 Å². The zero-order valence-corrected chi connectivity index (χ0v) is 16.7. The van der Waals surface area contributed by atoms with Crippen LogP contribution in [0.3, 0.4) is 0 Å². The molecule has 0 spiro atoms. The van der Waals surface area contributed by atoms with Gasteiger partial charge in [0.2, 0.25) is 0 Å². The summed E-state index contributed by atoms with van der Waals surface area (Å²) in [4.78, 5) is 39.5. The zero-order valence-electron chi connectivity index (χ0n) is 16.7. The molecule has 1 aromatic heterocycles. The molecular weight excluding hydrogens is 397 g/mol. The van der Waals surface area contributed by atoms with Gasteiger partial charge in [0.05, 0.1) is 17.6 Å². The van der Waals surface area contributed by atoms with Crippen LogP contribution in [0.2, 0.25) is 0 Å². The average molecular weight is 417 g/mol. The smallest absolute Gasteiger partial charge is 0.310 e. The number of allylic oxidation sites excluding steroid dienone is 1. The van der Waals surface area contributed by atoms with Crippen molar-refractivity contribution < 1.29 is 23.9 Å². The molecule has 0 atom stereocenters. The number of Topliss-reactive ketones (excluding diaryl/α,β-unsaturated/α-hetero) is 1. The number of aromatic nitrogens is 1. The third-order valence-electron chi connectivity index (χ3n) is 5.21. The van der Waals surface area contributed by atoms with Crippen molar-refractivity contribution in [1.82, 2.24) is 4.98 Å². The number of carboxylic acids is 1. The second-order valence-corrected chi connectivity index (χ2v) is 7.67. The third kappa shape index (κ3) is 4.74. The summed E-state index contributed by atoms with van der Waals surface area (Å²) in [5.41, 5.74) is 4.12. The summed E-state index contributed by atoms with van der Waals surface area (Å²) < 4.78 is 13.6. The van der Waals surface area contributed by atoms with E-state index in [2.05, 4.69) is 0 Å². The van der Waals surface area contributed by atoms with Crippen LogP contribution in [0.4, 0.5) is 4.39 Å². The molecule has 2 aromatic carbocycles. The molecule has 0 radical (unpaired) electrons. The van der Waals surface area contributed by atoms with Crippen molar-refractivity contribution in [2.24, 2.45) is 0 Å². The Morgan fingerprint density at radius 3 is 2.42 bits per heavy atom. The van der Waals surface area contributed by atoms with E-state index in [0.717, 1.165) is 46.1 Å². The van der Waals surface area contributed by atoms with E-state index in [0.29, 0.717) is 0 Å². The van der Waals surface area contributed by atoms with E-state index in [-0.39, 0.29) is 11.7 Å². The van der Waals surface area contributed by atoms with Crippen molar-refractivity contribution in [3.05, 3.63) is 71.7 Å². The highest BCUT2D eigenvalue weighted by atomic mass is 19.1. The van der Waals surface area contributed by atoms with E-state index in [9.17, 15) is 18.8 Å². The molecule has 0 saturated heterocycles. The molecular formula is C25H20FNO4. The first-order valence-electron chi connectivity index (χ1n) is 10.1. The first-order chi connectivity index (χ1) is 14.9. The van der Waals surface area contributed by atoms with Gasteiger partial charge in [-0.25, -0.2) is 4.39 Å². The van der Waals surface area contributed by atoms with Crippen LogP contribution in [0.5, 0.6) is 0 Å². The SMILES string of the molecule is O=C(O)CC(=O)CC(=O)C=Cc1c(C2CC2)nc2ccccc2c1-c1ccc(F)cc1. The van der Waals surface area contributed by atoms with Gasteiger partial charge in [-0.3, -0.25) is 19.4 Å². The topological polar surface area (TPSA) is 84.3 Å². The average Bonchev–Trinajstić information content (AvgIpc) is 3.56. The summed E-state index contributed by atoms with van der Waals surface area (Å²) in [5.74, 6) is -2.41. The summed E-state index contributed by atoms with van der Waals surface area (Å²) in [6.45, 7) is 0. The van der Waals surface area contributed by atoms with Gasteiger partial charge in [0.15, 0.2) is 11.6 Å². The van der Waals surface area contributed by atoms with Crippen molar-refractivity contribution in [2.45, 2.75) is 31.6 Å². The fourth-order valence-electron chi connectivity index (χ4n) is 3.67. The monoisotopic (exact) mass is 417 g/mol. The standard InChI is InChI=1S/C25H20FNO4/c26-17-9-7-15(8-10-17)24-20-3-1-2-4-22(20)27-25(16-5-6-16)21(24)12-11-18(28)13-19(29)14-23(30)31/h1-4,7-12,16H,5-6,13-14H2,(H,30,31). The van der Waals surface area contributed by atoms with E-state index in [4.69, 9.17) is 10.1 Å². The third-order valence-corrected chi connectivity index (χ3v) is 5.21.